The molecule has 1 heterocycles. The second-order valence-corrected chi connectivity index (χ2v) is 5.70. The van der Waals surface area contributed by atoms with Crippen LogP contribution in [0, 0.1) is 12.7 Å². The van der Waals surface area contributed by atoms with Gasteiger partial charge < -0.3 is 5.73 Å². The molecule has 0 bridgehead atoms. The van der Waals surface area contributed by atoms with E-state index in [1.165, 1.54) is 30.6 Å². The van der Waals surface area contributed by atoms with Crippen LogP contribution in [0.15, 0.2) is 59.9 Å². The smallest absolute Gasteiger partial charge is 0.193 e. The Labute approximate surface area is 150 Å². The molecule has 5 nitrogen and oxygen atoms in total. The zero-order valence-electron chi connectivity index (χ0n) is 14.4. The van der Waals surface area contributed by atoms with Crippen molar-refractivity contribution in [2.45, 2.75) is 6.92 Å². The summed E-state index contributed by atoms with van der Waals surface area (Å²) < 4.78 is 13.0. The van der Waals surface area contributed by atoms with E-state index >= 15 is 0 Å². The summed E-state index contributed by atoms with van der Waals surface area (Å²) in [5.74, 6) is -0.200. The first-order valence-electron chi connectivity index (χ1n) is 7.96. The van der Waals surface area contributed by atoms with Crippen molar-refractivity contribution in [3.63, 3.8) is 0 Å². The molecule has 1 aromatic heterocycles. The van der Waals surface area contributed by atoms with Crippen molar-refractivity contribution < 1.29 is 9.18 Å². The topological polar surface area (TPSA) is 81.2 Å². The summed E-state index contributed by atoms with van der Waals surface area (Å²) in [6.45, 7) is 1.84. The number of aromatic nitrogens is 2. The molecule has 26 heavy (non-hydrogen) atoms. The molecule has 3 rings (SSSR count). The van der Waals surface area contributed by atoms with Gasteiger partial charge in [0.1, 0.15) is 18.0 Å². The maximum absolute atomic E-state index is 13.0. The summed E-state index contributed by atoms with van der Waals surface area (Å²) in [6.07, 6.45) is 1.41. The molecule has 0 saturated heterocycles. The minimum atomic E-state index is -0.376. The van der Waals surface area contributed by atoms with Gasteiger partial charge in [0.25, 0.3) is 0 Å². The van der Waals surface area contributed by atoms with Gasteiger partial charge >= 0.3 is 0 Å². The highest BCUT2D eigenvalue weighted by atomic mass is 19.1. The van der Waals surface area contributed by atoms with Crippen molar-refractivity contribution >= 4 is 17.3 Å². The van der Waals surface area contributed by atoms with Gasteiger partial charge in [0.05, 0.1) is 17.0 Å². The van der Waals surface area contributed by atoms with Crippen molar-refractivity contribution in [3.05, 3.63) is 88.6 Å². The minimum absolute atomic E-state index is 0.176. The number of benzene rings is 2. The van der Waals surface area contributed by atoms with Gasteiger partial charge in [-0.15, -0.1) is 0 Å². The first-order chi connectivity index (χ1) is 12.5. The molecule has 0 atom stereocenters. The molecule has 2 aromatic carbocycles. The Hall–Kier alpha value is -3.41. The Kier molecular flexibility index (Phi) is 4.84. The Bertz CT molecular complexity index is 959. The van der Waals surface area contributed by atoms with E-state index in [1.807, 2.05) is 6.92 Å². The average molecular weight is 348 g/mol. The van der Waals surface area contributed by atoms with Crippen LogP contribution in [-0.4, -0.2) is 28.5 Å². The number of hydrogen-bond donors (Lipinski definition) is 1. The molecule has 0 unspecified atom stereocenters. The van der Waals surface area contributed by atoms with Crippen LogP contribution in [0.3, 0.4) is 0 Å². The lowest BCUT2D eigenvalue weighted by Gasteiger charge is -2.11. The highest BCUT2D eigenvalue weighted by molar-refractivity contribution is 6.16. The van der Waals surface area contributed by atoms with Gasteiger partial charge in [-0.1, -0.05) is 24.3 Å². The molecular formula is C20H17FN4O. The standard InChI is InChI=1S/C20H17FN4O/c1-12-17(20(22)25-11-24-12)18(23-2)13-3-5-14(6-4-13)19(26)15-7-9-16(21)10-8-15/h3-11H,1-2H3,(H2,22,24,25). The fourth-order valence-corrected chi connectivity index (χ4v) is 2.72. The fourth-order valence-electron chi connectivity index (χ4n) is 2.72. The zero-order chi connectivity index (χ0) is 18.7. The number of hydrogen-bond acceptors (Lipinski definition) is 5. The number of nitrogen functional groups attached to an aromatic ring is 1. The lowest BCUT2D eigenvalue weighted by Crippen LogP contribution is -2.12. The van der Waals surface area contributed by atoms with E-state index in [4.69, 9.17) is 5.73 Å². The highest BCUT2D eigenvalue weighted by Crippen LogP contribution is 2.19. The molecule has 0 amide bonds. The molecule has 2 N–H and O–H groups in total. The maximum atomic E-state index is 13.0. The molecule has 3 aromatic rings. The summed E-state index contributed by atoms with van der Waals surface area (Å²) in [5, 5.41) is 0. The predicted molar refractivity (Wildman–Crippen MR) is 99.0 cm³/mol. The van der Waals surface area contributed by atoms with Crippen LogP contribution < -0.4 is 5.73 Å². The van der Waals surface area contributed by atoms with Crippen LogP contribution in [0.1, 0.15) is 32.7 Å². The fraction of sp³-hybridized carbons (Fsp3) is 0.100. The van der Waals surface area contributed by atoms with Crippen LogP contribution in [0.25, 0.3) is 0 Å². The molecule has 0 spiro atoms. The number of aryl methyl sites for hydroxylation is 1. The van der Waals surface area contributed by atoms with Gasteiger partial charge in [-0.2, -0.15) is 0 Å². The molecule has 0 aliphatic heterocycles. The van der Waals surface area contributed by atoms with Gasteiger partial charge in [0, 0.05) is 23.7 Å². The normalized spacial score (nSPS) is 11.4. The number of nitrogens with zero attached hydrogens (tertiary/aromatic N) is 3. The lowest BCUT2D eigenvalue weighted by molar-refractivity contribution is 0.103. The van der Waals surface area contributed by atoms with Gasteiger partial charge in [-0.05, 0) is 31.2 Å². The summed E-state index contributed by atoms with van der Waals surface area (Å²) >= 11 is 0. The van der Waals surface area contributed by atoms with Crippen LogP contribution in [0.5, 0.6) is 0 Å². The Morgan fingerprint density at radius 1 is 0.962 bits per heavy atom. The third kappa shape index (κ3) is 3.35. The van der Waals surface area contributed by atoms with E-state index in [0.29, 0.717) is 28.2 Å². The number of rotatable bonds is 4. The molecule has 0 aliphatic rings. The van der Waals surface area contributed by atoms with Crippen LogP contribution >= 0.6 is 0 Å². The van der Waals surface area contributed by atoms with Crippen molar-refractivity contribution in [1.29, 1.82) is 0 Å². The van der Waals surface area contributed by atoms with Crippen molar-refractivity contribution in [3.8, 4) is 0 Å². The van der Waals surface area contributed by atoms with Crippen LogP contribution in [0.4, 0.5) is 10.2 Å². The molecular weight excluding hydrogens is 331 g/mol. The zero-order valence-corrected chi connectivity index (χ0v) is 14.4. The van der Waals surface area contributed by atoms with Crippen LogP contribution in [0.2, 0.25) is 0 Å². The number of ketones is 1. The summed E-state index contributed by atoms with van der Waals surface area (Å²) in [4.78, 5) is 25.0. The minimum Gasteiger partial charge on any atom is -0.383 e. The molecule has 130 valence electrons. The quantitative estimate of drug-likeness (QED) is 0.580. The third-order valence-corrected chi connectivity index (χ3v) is 4.05. The predicted octanol–water partition coefficient (Wildman–Crippen LogP) is 3.20. The first kappa shape index (κ1) is 17.4. The Morgan fingerprint density at radius 2 is 1.50 bits per heavy atom. The summed E-state index contributed by atoms with van der Waals surface area (Å²) in [6, 6.07) is 12.5. The molecule has 0 aliphatic carbocycles. The Balaban J connectivity index is 1.94. The van der Waals surface area contributed by atoms with Crippen molar-refractivity contribution in [1.82, 2.24) is 9.97 Å². The van der Waals surface area contributed by atoms with Gasteiger partial charge in [0.15, 0.2) is 5.78 Å². The second kappa shape index (κ2) is 7.23. The summed E-state index contributed by atoms with van der Waals surface area (Å²) in [5.41, 5.74) is 9.77. The third-order valence-electron chi connectivity index (χ3n) is 4.05. The second-order valence-electron chi connectivity index (χ2n) is 5.70. The lowest BCUT2D eigenvalue weighted by atomic mass is 9.97. The highest BCUT2D eigenvalue weighted by Gasteiger charge is 2.15. The van der Waals surface area contributed by atoms with Gasteiger partial charge in [-0.3, -0.25) is 9.79 Å². The molecule has 6 heteroatoms. The van der Waals surface area contributed by atoms with Crippen molar-refractivity contribution in [2.24, 2.45) is 4.99 Å². The SMILES string of the molecule is CN=C(c1ccc(C(=O)c2ccc(F)cc2)cc1)c1c(C)ncnc1N. The van der Waals surface area contributed by atoms with E-state index in [2.05, 4.69) is 15.0 Å². The van der Waals surface area contributed by atoms with E-state index in [1.54, 1.807) is 31.3 Å². The number of halogens is 1. The average Bonchev–Trinajstić information content (AvgIpc) is 2.65. The van der Waals surface area contributed by atoms with E-state index < -0.39 is 0 Å². The number of aliphatic imine (C=N–C) groups is 1. The van der Waals surface area contributed by atoms with Gasteiger partial charge in [-0.25, -0.2) is 14.4 Å². The van der Waals surface area contributed by atoms with E-state index in [0.717, 1.165) is 11.3 Å². The molecule has 0 saturated carbocycles. The number of carbonyl (C=O) groups is 1. The molecule has 0 fully saturated rings. The maximum Gasteiger partial charge on any atom is 0.193 e. The van der Waals surface area contributed by atoms with Crippen molar-refractivity contribution in [2.75, 3.05) is 12.8 Å². The number of carbonyl (C=O) groups excluding carboxylic acids is 1. The first-order valence-corrected chi connectivity index (χ1v) is 7.96. The van der Waals surface area contributed by atoms with E-state index in [9.17, 15) is 9.18 Å². The number of nitrogens with two attached hydrogens (primary N) is 1. The Morgan fingerprint density at radius 3 is 2.04 bits per heavy atom. The van der Waals surface area contributed by atoms with E-state index in [-0.39, 0.29) is 11.6 Å². The monoisotopic (exact) mass is 348 g/mol. The van der Waals surface area contributed by atoms with Crippen LogP contribution in [-0.2, 0) is 0 Å². The largest absolute Gasteiger partial charge is 0.383 e. The summed E-state index contributed by atoms with van der Waals surface area (Å²) in [7, 11) is 1.67. The number of anilines is 1. The van der Waals surface area contributed by atoms with Gasteiger partial charge in [0.2, 0.25) is 0 Å². The molecule has 0 radical (unpaired) electrons.